The molecule has 3 aromatic rings. The van der Waals surface area contributed by atoms with E-state index in [4.69, 9.17) is 4.74 Å². The molecule has 1 aliphatic heterocycles. The molecule has 3 heterocycles. The number of thiazole rings is 1. The first-order valence-corrected chi connectivity index (χ1v) is 9.28. The fraction of sp³-hybridized carbons (Fsp3) is 0.333. The summed E-state index contributed by atoms with van der Waals surface area (Å²) in [6.45, 7) is 4.72. The van der Waals surface area contributed by atoms with Crippen LogP contribution >= 0.6 is 11.3 Å². The van der Waals surface area contributed by atoms with Gasteiger partial charge < -0.3 is 19.9 Å². The van der Waals surface area contributed by atoms with Gasteiger partial charge >= 0.3 is 6.03 Å². The van der Waals surface area contributed by atoms with Gasteiger partial charge in [-0.2, -0.15) is 0 Å². The second-order valence-corrected chi connectivity index (χ2v) is 6.99. The topological polar surface area (TPSA) is 70.2 Å². The first kappa shape index (κ1) is 16.0. The molecule has 0 bridgehead atoms. The number of nitrogens with zero attached hydrogens (tertiary/aromatic N) is 2. The molecule has 1 aliphatic rings. The lowest BCUT2D eigenvalue weighted by Crippen LogP contribution is -2.47. The molecule has 25 heavy (non-hydrogen) atoms. The van der Waals surface area contributed by atoms with Crippen LogP contribution in [0.4, 0.5) is 4.79 Å². The van der Waals surface area contributed by atoms with Crippen LogP contribution in [-0.4, -0.2) is 34.0 Å². The summed E-state index contributed by atoms with van der Waals surface area (Å²) >= 11 is 1.57. The van der Waals surface area contributed by atoms with Crippen molar-refractivity contribution in [1.29, 1.82) is 0 Å². The zero-order valence-corrected chi connectivity index (χ0v) is 14.9. The highest BCUT2D eigenvalue weighted by atomic mass is 32.1. The van der Waals surface area contributed by atoms with Gasteiger partial charge in [0.2, 0.25) is 0 Å². The van der Waals surface area contributed by atoms with E-state index in [9.17, 15) is 4.79 Å². The third-order valence-electron chi connectivity index (χ3n) is 4.40. The number of likely N-dealkylation sites (tertiary alicyclic amines) is 1. The number of benzene rings is 1. The molecule has 0 aliphatic carbocycles. The third kappa shape index (κ3) is 3.46. The number of carbonyl (C=O) groups excluding carboxylic acids is 1. The Kier molecular flexibility index (Phi) is 4.31. The predicted octanol–water partition coefficient (Wildman–Crippen LogP) is 3.43. The van der Waals surface area contributed by atoms with Crippen molar-refractivity contribution in [2.75, 3.05) is 13.1 Å². The minimum atomic E-state index is 0.00775. The SMILES string of the molecule is Cc1cc2cc(CNC(=O)N3CCC3)[nH]c2cc1OCc1cscn1. The summed E-state index contributed by atoms with van der Waals surface area (Å²) < 4.78 is 5.90. The Labute approximate surface area is 149 Å². The van der Waals surface area contributed by atoms with E-state index in [2.05, 4.69) is 27.4 Å². The molecule has 2 amide bonds. The van der Waals surface area contributed by atoms with Gasteiger partial charge in [0.25, 0.3) is 0 Å². The number of aromatic amines is 1. The van der Waals surface area contributed by atoms with Crippen molar-refractivity contribution in [3.63, 3.8) is 0 Å². The number of aryl methyl sites for hydroxylation is 1. The summed E-state index contributed by atoms with van der Waals surface area (Å²) in [6.07, 6.45) is 1.10. The molecule has 0 saturated carbocycles. The lowest BCUT2D eigenvalue weighted by molar-refractivity contribution is 0.167. The number of amides is 2. The largest absolute Gasteiger partial charge is 0.487 e. The highest BCUT2D eigenvalue weighted by molar-refractivity contribution is 7.07. The molecule has 6 nitrogen and oxygen atoms in total. The monoisotopic (exact) mass is 356 g/mol. The van der Waals surface area contributed by atoms with Crippen LogP contribution in [0.1, 0.15) is 23.4 Å². The molecule has 0 spiro atoms. The second-order valence-electron chi connectivity index (χ2n) is 6.27. The van der Waals surface area contributed by atoms with E-state index < -0.39 is 0 Å². The van der Waals surface area contributed by atoms with Gasteiger partial charge in [-0.15, -0.1) is 11.3 Å². The van der Waals surface area contributed by atoms with Crippen molar-refractivity contribution in [1.82, 2.24) is 20.2 Å². The van der Waals surface area contributed by atoms with Gasteiger partial charge in [0.05, 0.1) is 17.7 Å². The summed E-state index contributed by atoms with van der Waals surface area (Å²) in [5, 5.41) is 6.06. The normalized spacial score (nSPS) is 13.7. The van der Waals surface area contributed by atoms with Crippen molar-refractivity contribution in [2.24, 2.45) is 0 Å². The number of fused-ring (bicyclic) bond motifs is 1. The molecule has 0 radical (unpaired) electrons. The Morgan fingerprint density at radius 1 is 1.40 bits per heavy atom. The minimum absolute atomic E-state index is 0.00775. The minimum Gasteiger partial charge on any atom is -0.487 e. The third-order valence-corrected chi connectivity index (χ3v) is 5.04. The maximum Gasteiger partial charge on any atom is 0.317 e. The number of aromatic nitrogens is 2. The van der Waals surface area contributed by atoms with Crippen molar-refractivity contribution < 1.29 is 9.53 Å². The molecule has 7 heteroatoms. The molecular weight excluding hydrogens is 336 g/mol. The van der Waals surface area contributed by atoms with Gasteiger partial charge in [-0.3, -0.25) is 0 Å². The van der Waals surface area contributed by atoms with Crippen molar-refractivity contribution in [3.8, 4) is 5.75 Å². The highest BCUT2D eigenvalue weighted by Gasteiger charge is 2.19. The maximum atomic E-state index is 11.9. The van der Waals surface area contributed by atoms with Crippen LogP contribution in [0.5, 0.6) is 5.75 Å². The molecule has 1 saturated heterocycles. The zero-order chi connectivity index (χ0) is 17.2. The Balaban J connectivity index is 1.45. The Bertz CT molecular complexity index is 884. The zero-order valence-electron chi connectivity index (χ0n) is 14.0. The number of hydrogen-bond acceptors (Lipinski definition) is 4. The summed E-state index contributed by atoms with van der Waals surface area (Å²) in [5.41, 5.74) is 5.82. The van der Waals surface area contributed by atoms with E-state index in [1.165, 1.54) is 0 Å². The van der Waals surface area contributed by atoms with Gasteiger partial charge in [0, 0.05) is 41.1 Å². The predicted molar refractivity (Wildman–Crippen MR) is 97.9 cm³/mol. The van der Waals surface area contributed by atoms with Crippen LogP contribution in [0.3, 0.4) is 0 Å². The Hall–Kier alpha value is -2.54. The van der Waals surface area contributed by atoms with E-state index in [0.29, 0.717) is 13.2 Å². The van der Waals surface area contributed by atoms with E-state index in [1.807, 2.05) is 23.3 Å². The summed E-state index contributed by atoms with van der Waals surface area (Å²) in [4.78, 5) is 21.3. The van der Waals surface area contributed by atoms with Crippen molar-refractivity contribution in [3.05, 3.63) is 46.0 Å². The first-order valence-electron chi connectivity index (χ1n) is 8.34. The van der Waals surface area contributed by atoms with Crippen LogP contribution in [0.15, 0.2) is 29.1 Å². The van der Waals surface area contributed by atoms with E-state index >= 15 is 0 Å². The summed E-state index contributed by atoms with van der Waals surface area (Å²) in [7, 11) is 0. The molecule has 2 N–H and O–H groups in total. The summed E-state index contributed by atoms with van der Waals surface area (Å²) in [5.74, 6) is 0.846. The van der Waals surface area contributed by atoms with Gasteiger partial charge in [-0.25, -0.2) is 9.78 Å². The Morgan fingerprint density at radius 3 is 3.00 bits per heavy atom. The second kappa shape index (κ2) is 6.76. The van der Waals surface area contributed by atoms with Gasteiger partial charge in [0.15, 0.2) is 0 Å². The van der Waals surface area contributed by atoms with E-state index in [-0.39, 0.29) is 6.03 Å². The van der Waals surface area contributed by atoms with Crippen LogP contribution in [0, 0.1) is 6.92 Å². The number of hydrogen-bond donors (Lipinski definition) is 2. The van der Waals surface area contributed by atoms with Gasteiger partial charge in [0.1, 0.15) is 12.4 Å². The van der Waals surface area contributed by atoms with Gasteiger partial charge in [-0.05, 0) is 31.0 Å². The standard InChI is InChI=1S/C18H20N4O2S/c1-12-5-13-6-14(8-19-18(23)22-3-2-4-22)21-16(13)7-17(12)24-9-15-10-25-11-20-15/h5-7,10-11,21H,2-4,8-9H2,1H3,(H,19,23). The van der Waals surface area contributed by atoms with Crippen LogP contribution in [-0.2, 0) is 13.2 Å². The maximum absolute atomic E-state index is 11.9. The number of carbonyl (C=O) groups is 1. The molecule has 130 valence electrons. The van der Waals surface area contributed by atoms with Crippen LogP contribution < -0.4 is 10.1 Å². The smallest absolute Gasteiger partial charge is 0.317 e. The van der Waals surface area contributed by atoms with E-state index in [1.54, 1.807) is 16.8 Å². The average molecular weight is 356 g/mol. The van der Waals surface area contributed by atoms with Crippen LogP contribution in [0.2, 0.25) is 0 Å². The molecule has 0 unspecified atom stereocenters. The summed E-state index contributed by atoms with van der Waals surface area (Å²) in [6, 6.07) is 6.19. The van der Waals surface area contributed by atoms with E-state index in [0.717, 1.165) is 53.1 Å². The molecule has 1 fully saturated rings. The average Bonchev–Trinajstić information content (AvgIpc) is 3.17. The van der Waals surface area contributed by atoms with Crippen molar-refractivity contribution >= 4 is 28.3 Å². The van der Waals surface area contributed by atoms with Gasteiger partial charge in [-0.1, -0.05) is 0 Å². The number of urea groups is 1. The fourth-order valence-corrected chi connectivity index (χ4v) is 3.39. The number of H-pyrrole nitrogens is 1. The fourth-order valence-electron chi connectivity index (χ4n) is 2.85. The Morgan fingerprint density at radius 2 is 2.28 bits per heavy atom. The van der Waals surface area contributed by atoms with Crippen molar-refractivity contribution in [2.45, 2.75) is 26.5 Å². The molecule has 1 aromatic carbocycles. The number of nitrogens with one attached hydrogen (secondary N) is 2. The number of ether oxygens (including phenoxy) is 1. The molecular formula is C18H20N4O2S. The lowest BCUT2D eigenvalue weighted by atomic mass is 10.1. The quantitative estimate of drug-likeness (QED) is 0.736. The number of rotatable bonds is 5. The lowest BCUT2D eigenvalue weighted by Gasteiger charge is -2.30. The highest BCUT2D eigenvalue weighted by Crippen LogP contribution is 2.26. The first-order chi connectivity index (χ1) is 12.2. The van der Waals surface area contributed by atoms with Crippen LogP contribution in [0.25, 0.3) is 10.9 Å². The molecule has 2 aromatic heterocycles. The molecule has 4 rings (SSSR count). The molecule has 0 atom stereocenters.